The molecule has 3 aromatic heterocycles. The number of aromatic amines is 1. The fraction of sp³-hybridized carbons (Fsp3) is 0. The molecule has 3 N–H and O–H groups in total. The van der Waals surface area contributed by atoms with Gasteiger partial charge in [0.1, 0.15) is 11.4 Å². The average Bonchev–Trinajstić information content (AvgIpc) is 2.98. The van der Waals surface area contributed by atoms with Crippen molar-refractivity contribution in [1.29, 1.82) is 0 Å². The fourth-order valence-corrected chi connectivity index (χ4v) is 2.60. The number of anilines is 1. The van der Waals surface area contributed by atoms with Crippen molar-refractivity contribution < 1.29 is 0 Å². The lowest BCUT2D eigenvalue weighted by atomic mass is 10.0. The molecule has 0 aliphatic heterocycles. The highest BCUT2D eigenvalue weighted by atomic mass is 16.1. The van der Waals surface area contributed by atoms with Crippen LogP contribution in [0.4, 0.5) is 5.69 Å². The first kappa shape index (κ1) is 13.3. The molecule has 3 heterocycles. The third-order valence-electron chi connectivity index (χ3n) is 3.68. The molecular weight excluding hydrogens is 290 g/mol. The Kier molecular flexibility index (Phi) is 2.94. The first-order valence-electron chi connectivity index (χ1n) is 7.12. The minimum Gasteiger partial charge on any atom is -0.394 e. The predicted molar refractivity (Wildman–Crippen MR) is 88.9 cm³/mol. The van der Waals surface area contributed by atoms with Crippen LogP contribution in [0.15, 0.2) is 65.6 Å². The molecule has 0 unspecified atom stereocenters. The van der Waals surface area contributed by atoms with Crippen LogP contribution in [0.1, 0.15) is 0 Å². The van der Waals surface area contributed by atoms with E-state index in [-0.39, 0.29) is 5.69 Å². The molecule has 4 aromatic rings. The Balaban J connectivity index is 2.07. The molecule has 23 heavy (non-hydrogen) atoms. The van der Waals surface area contributed by atoms with Crippen LogP contribution in [-0.4, -0.2) is 19.8 Å². The van der Waals surface area contributed by atoms with Crippen molar-refractivity contribution in [2.75, 3.05) is 5.73 Å². The molecule has 0 amide bonds. The predicted octanol–water partition coefficient (Wildman–Crippen LogP) is 2.33. The molecule has 0 saturated carbocycles. The quantitative estimate of drug-likeness (QED) is 0.595. The molecular formula is C17H13N5O. The summed E-state index contributed by atoms with van der Waals surface area (Å²) in [5, 5.41) is 11.2. The van der Waals surface area contributed by atoms with Crippen molar-refractivity contribution in [3.8, 4) is 22.5 Å². The van der Waals surface area contributed by atoms with Gasteiger partial charge in [-0.05, 0) is 18.2 Å². The molecule has 0 atom stereocenters. The van der Waals surface area contributed by atoms with Crippen LogP contribution in [0.25, 0.3) is 28.0 Å². The van der Waals surface area contributed by atoms with Gasteiger partial charge in [-0.2, -0.15) is 10.2 Å². The van der Waals surface area contributed by atoms with E-state index >= 15 is 0 Å². The van der Waals surface area contributed by atoms with Crippen molar-refractivity contribution in [3.05, 3.63) is 71.1 Å². The monoisotopic (exact) mass is 303 g/mol. The molecule has 6 nitrogen and oxygen atoms in total. The Morgan fingerprint density at radius 2 is 1.83 bits per heavy atom. The summed E-state index contributed by atoms with van der Waals surface area (Å²) in [7, 11) is 0. The van der Waals surface area contributed by atoms with E-state index in [2.05, 4.69) is 15.3 Å². The van der Waals surface area contributed by atoms with Crippen molar-refractivity contribution >= 4 is 11.2 Å². The molecule has 6 heteroatoms. The lowest BCUT2D eigenvalue weighted by molar-refractivity contribution is 0.966. The second-order valence-corrected chi connectivity index (χ2v) is 5.16. The van der Waals surface area contributed by atoms with Crippen molar-refractivity contribution in [3.63, 3.8) is 0 Å². The van der Waals surface area contributed by atoms with Gasteiger partial charge >= 0.3 is 0 Å². The largest absolute Gasteiger partial charge is 0.394 e. The summed E-state index contributed by atoms with van der Waals surface area (Å²) in [5.41, 5.74) is 9.55. The first-order chi connectivity index (χ1) is 11.2. The number of H-pyrrole nitrogens is 1. The van der Waals surface area contributed by atoms with Gasteiger partial charge < -0.3 is 5.73 Å². The van der Waals surface area contributed by atoms with E-state index in [4.69, 9.17) is 5.73 Å². The van der Waals surface area contributed by atoms with Crippen LogP contribution in [0.5, 0.6) is 0 Å². The lowest BCUT2D eigenvalue weighted by Gasteiger charge is -2.03. The fourth-order valence-electron chi connectivity index (χ4n) is 2.60. The number of hydrogen-bond acceptors (Lipinski definition) is 4. The van der Waals surface area contributed by atoms with E-state index in [1.807, 2.05) is 54.7 Å². The number of benzene rings is 1. The van der Waals surface area contributed by atoms with E-state index in [9.17, 15) is 4.79 Å². The van der Waals surface area contributed by atoms with Gasteiger partial charge in [0, 0.05) is 11.8 Å². The number of fused-ring (bicyclic) bond motifs is 1. The summed E-state index contributed by atoms with van der Waals surface area (Å²) in [5.74, 6) is 0. The second kappa shape index (κ2) is 5.10. The van der Waals surface area contributed by atoms with Crippen molar-refractivity contribution in [2.45, 2.75) is 0 Å². The Bertz CT molecular complexity index is 1050. The molecule has 0 fully saturated rings. The summed E-state index contributed by atoms with van der Waals surface area (Å²) >= 11 is 0. The van der Waals surface area contributed by atoms with Gasteiger partial charge in [0.15, 0.2) is 0 Å². The maximum atomic E-state index is 11.5. The zero-order chi connectivity index (χ0) is 15.8. The molecule has 0 spiro atoms. The van der Waals surface area contributed by atoms with Crippen LogP contribution in [0.2, 0.25) is 0 Å². The van der Waals surface area contributed by atoms with E-state index in [0.29, 0.717) is 5.69 Å². The molecule has 0 bridgehead atoms. The van der Waals surface area contributed by atoms with Crippen LogP contribution < -0.4 is 11.3 Å². The van der Waals surface area contributed by atoms with Crippen molar-refractivity contribution in [2.24, 2.45) is 0 Å². The zero-order valence-electron chi connectivity index (χ0n) is 12.1. The second-order valence-electron chi connectivity index (χ2n) is 5.16. The number of aromatic nitrogens is 4. The lowest BCUT2D eigenvalue weighted by Crippen LogP contribution is -2.13. The third-order valence-corrected chi connectivity index (χ3v) is 3.68. The number of nitrogens with one attached hydrogen (secondary N) is 1. The van der Waals surface area contributed by atoms with Gasteiger partial charge in [-0.1, -0.05) is 36.4 Å². The number of nitrogens with zero attached hydrogens (tertiary/aromatic N) is 3. The van der Waals surface area contributed by atoms with Crippen molar-refractivity contribution in [1.82, 2.24) is 19.8 Å². The minimum atomic E-state index is -0.397. The molecule has 112 valence electrons. The third kappa shape index (κ3) is 2.17. The first-order valence-corrected chi connectivity index (χ1v) is 7.12. The zero-order valence-corrected chi connectivity index (χ0v) is 12.1. The minimum absolute atomic E-state index is 0.129. The number of hydrogen-bond donors (Lipinski definition) is 2. The SMILES string of the molecule is Nc1cc(-c2c(-c3ccccc3)nn3ccccc23)n[nH]c1=O. The summed E-state index contributed by atoms with van der Waals surface area (Å²) in [6, 6.07) is 17.2. The topological polar surface area (TPSA) is 89.1 Å². The highest BCUT2D eigenvalue weighted by Crippen LogP contribution is 2.33. The van der Waals surface area contributed by atoms with E-state index in [0.717, 1.165) is 22.3 Å². The van der Waals surface area contributed by atoms with E-state index in [1.165, 1.54) is 0 Å². The van der Waals surface area contributed by atoms with Gasteiger partial charge in [-0.15, -0.1) is 0 Å². The van der Waals surface area contributed by atoms with Crippen LogP contribution >= 0.6 is 0 Å². The Labute approximate surface area is 131 Å². The highest BCUT2D eigenvalue weighted by Gasteiger charge is 2.17. The maximum absolute atomic E-state index is 11.5. The van der Waals surface area contributed by atoms with Crippen LogP contribution in [0, 0.1) is 0 Å². The average molecular weight is 303 g/mol. The van der Waals surface area contributed by atoms with Crippen LogP contribution in [0.3, 0.4) is 0 Å². The van der Waals surface area contributed by atoms with E-state index in [1.54, 1.807) is 10.6 Å². The summed E-state index contributed by atoms with van der Waals surface area (Å²) < 4.78 is 1.79. The van der Waals surface area contributed by atoms with Gasteiger partial charge in [0.25, 0.3) is 5.56 Å². The normalized spacial score (nSPS) is 11.0. The molecule has 1 aromatic carbocycles. The molecule has 0 aliphatic rings. The summed E-state index contributed by atoms with van der Waals surface area (Å²) in [6.45, 7) is 0. The number of nitrogen functional groups attached to an aromatic ring is 1. The number of nitrogens with two attached hydrogens (primary N) is 1. The van der Waals surface area contributed by atoms with Gasteiger partial charge in [0.05, 0.1) is 16.8 Å². The molecule has 0 aliphatic carbocycles. The molecule has 0 saturated heterocycles. The Morgan fingerprint density at radius 3 is 2.61 bits per heavy atom. The van der Waals surface area contributed by atoms with Crippen LogP contribution in [-0.2, 0) is 0 Å². The maximum Gasteiger partial charge on any atom is 0.287 e. The number of pyridine rings is 1. The Hall–Kier alpha value is -3.41. The Morgan fingerprint density at radius 1 is 1.04 bits per heavy atom. The summed E-state index contributed by atoms with van der Waals surface area (Å²) in [6.07, 6.45) is 1.88. The standard InChI is InChI=1S/C17H13N5O/c18-12-10-13(19-20-17(12)23)15-14-8-4-5-9-22(14)21-16(15)11-6-2-1-3-7-11/h1-10H,(H2,18,19)(H,20,23). The number of rotatable bonds is 2. The summed E-state index contributed by atoms with van der Waals surface area (Å²) in [4.78, 5) is 11.5. The molecule has 4 rings (SSSR count). The van der Waals surface area contributed by atoms with Gasteiger partial charge in [-0.25, -0.2) is 9.61 Å². The molecule has 0 radical (unpaired) electrons. The van der Waals surface area contributed by atoms with Gasteiger partial charge in [-0.3, -0.25) is 4.79 Å². The van der Waals surface area contributed by atoms with Gasteiger partial charge in [0.2, 0.25) is 0 Å². The smallest absolute Gasteiger partial charge is 0.287 e. The highest BCUT2D eigenvalue weighted by molar-refractivity contribution is 5.91. The van der Waals surface area contributed by atoms with E-state index < -0.39 is 5.56 Å².